The molecule has 5 heteroatoms. The van der Waals surface area contributed by atoms with Gasteiger partial charge in [-0.25, -0.2) is 0 Å². The molecule has 2 aromatic carbocycles. The van der Waals surface area contributed by atoms with Crippen molar-refractivity contribution in [2.45, 2.75) is 13.5 Å². The smallest absolute Gasteiger partial charge is 0.123 e. The van der Waals surface area contributed by atoms with E-state index in [-0.39, 0.29) is 0 Å². The number of hydrogen-bond donors (Lipinski definition) is 1. The third kappa shape index (κ3) is 3.68. The summed E-state index contributed by atoms with van der Waals surface area (Å²) < 4.78 is 7.38. The maximum absolute atomic E-state index is 6.04. The average molecular weight is 420 g/mol. The van der Waals surface area contributed by atoms with Gasteiger partial charge in [0.1, 0.15) is 5.75 Å². The number of aryl methyl sites for hydroxylation is 1. The number of anilines is 1. The van der Waals surface area contributed by atoms with E-state index in [1.807, 2.05) is 18.2 Å². The minimum Gasteiger partial charge on any atom is -0.496 e. The first-order valence-corrected chi connectivity index (χ1v) is 7.99. The molecule has 2 rings (SSSR count). The maximum atomic E-state index is 6.04. The van der Waals surface area contributed by atoms with Gasteiger partial charge in [0.25, 0.3) is 0 Å². The Hall–Kier alpha value is -0.710. The highest BCUT2D eigenvalue weighted by Crippen LogP contribution is 2.33. The van der Waals surface area contributed by atoms with Crippen molar-refractivity contribution in [3.63, 3.8) is 0 Å². The van der Waals surface area contributed by atoms with Crippen LogP contribution in [0.15, 0.2) is 39.3 Å². The van der Waals surface area contributed by atoms with Gasteiger partial charge in [0.15, 0.2) is 0 Å². The summed E-state index contributed by atoms with van der Waals surface area (Å²) in [5, 5.41) is 4.09. The zero-order valence-electron chi connectivity index (χ0n) is 11.1. The Kier molecular flexibility index (Phi) is 5.35. The van der Waals surface area contributed by atoms with E-state index in [0.717, 1.165) is 25.9 Å². The lowest BCUT2D eigenvalue weighted by atomic mass is 10.2. The Morgan fingerprint density at radius 2 is 1.80 bits per heavy atom. The molecule has 0 atom stereocenters. The number of halogens is 3. The van der Waals surface area contributed by atoms with Crippen LogP contribution in [0.25, 0.3) is 0 Å². The first kappa shape index (κ1) is 15.7. The highest BCUT2D eigenvalue weighted by Gasteiger charge is 2.08. The van der Waals surface area contributed by atoms with Crippen LogP contribution < -0.4 is 10.1 Å². The summed E-state index contributed by atoms with van der Waals surface area (Å²) in [4.78, 5) is 0. The lowest BCUT2D eigenvalue weighted by Gasteiger charge is -2.14. The summed E-state index contributed by atoms with van der Waals surface area (Å²) in [7, 11) is 1.66. The van der Waals surface area contributed by atoms with Gasteiger partial charge in [-0.1, -0.05) is 11.6 Å². The molecule has 20 heavy (non-hydrogen) atoms. The average Bonchev–Trinajstić information content (AvgIpc) is 2.37. The van der Waals surface area contributed by atoms with Crippen molar-refractivity contribution in [2.75, 3.05) is 12.4 Å². The third-order valence-electron chi connectivity index (χ3n) is 2.88. The molecule has 0 aromatic heterocycles. The van der Waals surface area contributed by atoms with Crippen LogP contribution in [-0.2, 0) is 6.54 Å². The van der Waals surface area contributed by atoms with Crippen LogP contribution >= 0.6 is 43.5 Å². The molecule has 0 bridgehead atoms. The van der Waals surface area contributed by atoms with Crippen LogP contribution in [-0.4, -0.2) is 7.11 Å². The molecule has 0 aliphatic rings. The molecule has 0 fully saturated rings. The van der Waals surface area contributed by atoms with Gasteiger partial charge in [0.2, 0.25) is 0 Å². The first-order chi connectivity index (χ1) is 9.51. The van der Waals surface area contributed by atoms with Gasteiger partial charge in [-0.15, -0.1) is 0 Å². The van der Waals surface area contributed by atoms with Crippen LogP contribution in [0.4, 0.5) is 5.69 Å². The second kappa shape index (κ2) is 6.83. The van der Waals surface area contributed by atoms with Crippen molar-refractivity contribution in [1.82, 2.24) is 0 Å². The summed E-state index contributed by atoms with van der Waals surface area (Å²) in [6, 6.07) is 9.74. The minimum atomic E-state index is 0.629. The fourth-order valence-corrected chi connectivity index (χ4v) is 3.83. The molecular formula is C15H14Br2ClNO. The first-order valence-electron chi connectivity index (χ1n) is 6.03. The van der Waals surface area contributed by atoms with Gasteiger partial charge >= 0.3 is 0 Å². The van der Waals surface area contributed by atoms with E-state index < -0.39 is 0 Å². The van der Waals surface area contributed by atoms with Gasteiger partial charge in [-0.05, 0) is 74.7 Å². The molecule has 0 aliphatic carbocycles. The molecule has 2 nitrogen and oxygen atoms in total. The fourth-order valence-electron chi connectivity index (χ4n) is 1.94. The molecule has 0 heterocycles. The normalized spacial score (nSPS) is 10.4. The molecular weight excluding hydrogens is 405 g/mol. The SMILES string of the molecule is COc1ccc(Cl)cc1CNc1c(Br)cc(C)cc1Br. The van der Waals surface area contributed by atoms with E-state index in [1.54, 1.807) is 7.11 Å². The van der Waals surface area contributed by atoms with Crippen molar-refractivity contribution in [2.24, 2.45) is 0 Å². The van der Waals surface area contributed by atoms with Crippen molar-refractivity contribution in [3.05, 3.63) is 55.4 Å². The molecule has 0 amide bonds. The summed E-state index contributed by atoms with van der Waals surface area (Å²) in [6.07, 6.45) is 0. The summed E-state index contributed by atoms with van der Waals surface area (Å²) in [5.41, 5.74) is 3.21. The Balaban J connectivity index is 2.23. The van der Waals surface area contributed by atoms with Crippen LogP contribution in [0.5, 0.6) is 5.75 Å². The zero-order valence-corrected chi connectivity index (χ0v) is 15.1. The Labute approximate surface area is 140 Å². The number of benzene rings is 2. The second-order valence-corrected chi connectivity index (χ2v) is 6.56. The molecule has 2 aromatic rings. The van der Waals surface area contributed by atoms with E-state index in [1.165, 1.54) is 5.56 Å². The van der Waals surface area contributed by atoms with Crippen molar-refractivity contribution < 1.29 is 4.74 Å². The van der Waals surface area contributed by atoms with E-state index in [0.29, 0.717) is 11.6 Å². The largest absolute Gasteiger partial charge is 0.496 e. The van der Waals surface area contributed by atoms with Crippen LogP contribution in [0.3, 0.4) is 0 Å². The number of methoxy groups -OCH3 is 1. The predicted molar refractivity (Wildman–Crippen MR) is 91.9 cm³/mol. The monoisotopic (exact) mass is 417 g/mol. The molecule has 1 N–H and O–H groups in total. The molecule has 0 saturated heterocycles. The van der Waals surface area contributed by atoms with E-state index >= 15 is 0 Å². The zero-order chi connectivity index (χ0) is 14.7. The molecule has 106 valence electrons. The summed E-state index contributed by atoms with van der Waals surface area (Å²) in [6.45, 7) is 2.68. The van der Waals surface area contributed by atoms with Crippen molar-refractivity contribution >= 4 is 49.1 Å². The van der Waals surface area contributed by atoms with Gasteiger partial charge in [0.05, 0.1) is 12.8 Å². The highest BCUT2D eigenvalue weighted by molar-refractivity contribution is 9.11. The minimum absolute atomic E-state index is 0.629. The Morgan fingerprint density at radius 1 is 1.15 bits per heavy atom. The van der Waals surface area contributed by atoms with Crippen molar-refractivity contribution in [3.8, 4) is 5.75 Å². The van der Waals surface area contributed by atoms with E-state index in [4.69, 9.17) is 16.3 Å². The standard InChI is InChI=1S/C15H14Br2ClNO/c1-9-5-12(16)15(13(17)6-9)19-8-10-7-11(18)3-4-14(10)20-2/h3-7,19H,8H2,1-2H3. The third-order valence-corrected chi connectivity index (χ3v) is 4.37. The molecule has 0 radical (unpaired) electrons. The molecule has 0 saturated carbocycles. The van der Waals surface area contributed by atoms with Crippen LogP contribution in [0.1, 0.15) is 11.1 Å². The summed E-state index contributed by atoms with van der Waals surface area (Å²) >= 11 is 13.2. The van der Waals surface area contributed by atoms with Gasteiger partial charge in [-0.3, -0.25) is 0 Å². The number of nitrogens with one attached hydrogen (secondary N) is 1. The second-order valence-electron chi connectivity index (χ2n) is 4.41. The predicted octanol–water partition coefficient (Wildman–Crippen LogP) is 5.79. The Morgan fingerprint density at radius 3 is 2.40 bits per heavy atom. The van der Waals surface area contributed by atoms with Crippen LogP contribution in [0, 0.1) is 6.92 Å². The number of hydrogen-bond acceptors (Lipinski definition) is 2. The van der Waals surface area contributed by atoms with Gasteiger partial charge in [-0.2, -0.15) is 0 Å². The van der Waals surface area contributed by atoms with E-state index in [2.05, 4.69) is 56.2 Å². The fraction of sp³-hybridized carbons (Fsp3) is 0.200. The number of rotatable bonds is 4. The molecule has 0 unspecified atom stereocenters. The van der Waals surface area contributed by atoms with E-state index in [9.17, 15) is 0 Å². The van der Waals surface area contributed by atoms with Gasteiger partial charge < -0.3 is 10.1 Å². The molecule has 0 aliphatic heterocycles. The topological polar surface area (TPSA) is 21.3 Å². The van der Waals surface area contributed by atoms with Gasteiger partial charge in [0, 0.05) is 26.1 Å². The summed E-state index contributed by atoms with van der Waals surface area (Å²) in [5.74, 6) is 0.821. The van der Waals surface area contributed by atoms with Crippen molar-refractivity contribution in [1.29, 1.82) is 0 Å². The van der Waals surface area contributed by atoms with Crippen LogP contribution in [0.2, 0.25) is 5.02 Å². The maximum Gasteiger partial charge on any atom is 0.123 e. The Bertz CT molecular complexity index is 608. The highest BCUT2D eigenvalue weighted by atomic mass is 79.9. The molecule has 0 spiro atoms. The lowest BCUT2D eigenvalue weighted by Crippen LogP contribution is -2.03. The number of ether oxygens (including phenoxy) is 1. The quantitative estimate of drug-likeness (QED) is 0.677. The lowest BCUT2D eigenvalue weighted by molar-refractivity contribution is 0.410.